The second kappa shape index (κ2) is 6.12. The smallest absolute Gasteiger partial charge is 0.124 e. The highest BCUT2D eigenvalue weighted by Crippen LogP contribution is 2.20. The van der Waals surface area contributed by atoms with Crippen LogP contribution in [0.15, 0.2) is 23.2 Å². The summed E-state index contributed by atoms with van der Waals surface area (Å²) in [5, 5.41) is 9.01. The van der Waals surface area contributed by atoms with Gasteiger partial charge in [-0.25, -0.2) is 0 Å². The van der Waals surface area contributed by atoms with E-state index in [-0.39, 0.29) is 6.61 Å². The fourth-order valence-electron chi connectivity index (χ4n) is 1.32. The summed E-state index contributed by atoms with van der Waals surface area (Å²) in [4.78, 5) is 6.15. The fraction of sp³-hybridized carbons (Fsp3) is 0.417. The molecule has 0 saturated carbocycles. The third-order valence-corrected chi connectivity index (χ3v) is 2.11. The number of ether oxygens (including phenoxy) is 1. The third-order valence-electron chi connectivity index (χ3n) is 2.11. The highest BCUT2D eigenvalue weighted by molar-refractivity contribution is 5.54. The monoisotopic (exact) mass is 222 g/mol. The normalized spacial score (nSPS) is 10.8. The van der Waals surface area contributed by atoms with E-state index in [1.807, 2.05) is 37.2 Å². The molecule has 0 radical (unpaired) electrons. The Balaban J connectivity index is 2.79. The summed E-state index contributed by atoms with van der Waals surface area (Å²) in [6.45, 7) is 0.602. The summed E-state index contributed by atoms with van der Waals surface area (Å²) in [5.41, 5.74) is 1.86. The summed E-state index contributed by atoms with van der Waals surface area (Å²) >= 11 is 0. The third kappa shape index (κ3) is 3.55. The maximum atomic E-state index is 9.01. The molecule has 0 spiro atoms. The van der Waals surface area contributed by atoms with Crippen molar-refractivity contribution in [3.05, 3.63) is 29.3 Å². The first kappa shape index (κ1) is 12.5. The number of aliphatic imine (C=N–C) groups is 1. The summed E-state index contributed by atoms with van der Waals surface area (Å²) < 4.78 is 5.25. The Morgan fingerprint density at radius 2 is 2.19 bits per heavy atom. The van der Waals surface area contributed by atoms with Gasteiger partial charge in [-0.2, -0.15) is 0 Å². The van der Waals surface area contributed by atoms with Gasteiger partial charge < -0.3 is 14.7 Å². The number of hydrogen-bond donors (Lipinski definition) is 1. The van der Waals surface area contributed by atoms with E-state index in [4.69, 9.17) is 9.84 Å². The lowest BCUT2D eigenvalue weighted by Crippen LogP contribution is -2.07. The number of hydrogen-bond acceptors (Lipinski definition) is 3. The minimum absolute atomic E-state index is 0.0254. The van der Waals surface area contributed by atoms with Crippen LogP contribution in [0.4, 0.5) is 0 Å². The van der Waals surface area contributed by atoms with Gasteiger partial charge in [-0.15, -0.1) is 0 Å². The molecule has 0 bridgehead atoms. The molecular weight excluding hydrogens is 204 g/mol. The number of rotatable bonds is 5. The molecule has 1 N–H and O–H groups in total. The van der Waals surface area contributed by atoms with Crippen LogP contribution in [0.3, 0.4) is 0 Å². The lowest BCUT2D eigenvalue weighted by Gasteiger charge is -2.08. The molecule has 0 amide bonds. The lowest BCUT2D eigenvalue weighted by atomic mass is 10.1. The zero-order chi connectivity index (χ0) is 12.0. The van der Waals surface area contributed by atoms with Gasteiger partial charge in [0.2, 0.25) is 0 Å². The van der Waals surface area contributed by atoms with Crippen molar-refractivity contribution in [2.45, 2.75) is 13.2 Å². The van der Waals surface area contributed by atoms with E-state index < -0.39 is 0 Å². The molecule has 0 atom stereocenters. The van der Waals surface area contributed by atoms with Crippen LogP contribution in [0.5, 0.6) is 5.75 Å². The average molecular weight is 222 g/mol. The van der Waals surface area contributed by atoms with Crippen LogP contribution < -0.4 is 4.74 Å². The Morgan fingerprint density at radius 3 is 2.75 bits per heavy atom. The van der Waals surface area contributed by atoms with Crippen molar-refractivity contribution < 1.29 is 9.84 Å². The molecular formula is C12H18N2O2. The van der Waals surface area contributed by atoms with Gasteiger partial charge in [0.1, 0.15) is 5.75 Å². The van der Waals surface area contributed by atoms with Gasteiger partial charge in [0.15, 0.2) is 0 Å². The highest BCUT2D eigenvalue weighted by Gasteiger charge is 2.02. The number of nitrogens with zero attached hydrogens (tertiary/aromatic N) is 2. The molecule has 0 unspecified atom stereocenters. The van der Waals surface area contributed by atoms with Crippen LogP contribution >= 0.6 is 0 Å². The highest BCUT2D eigenvalue weighted by atomic mass is 16.5. The van der Waals surface area contributed by atoms with Crippen LogP contribution in [0.2, 0.25) is 0 Å². The van der Waals surface area contributed by atoms with E-state index >= 15 is 0 Å². The van der Waals surface area contributed by atoms with Crippen LogP contribution in [0, 0.1) is 0 Å². The average Bonchev–Trinajstić information content (AvgIpc) is 2.29. The minimum atomic E-state index is 0.0254. The molecule has 4 nitrogen and oxygen atoms in total. The van der Waals surface area contributed by atoms with Gasteiger partial charge in [0, 0.05) is 19.7 Å². The van der Waals surface area contributed by atoms with Crippen molar-refractivity contribution >= 4 is 6.34 Å². The number of aliphatic hydroxyl groups is 1. The van der Waals surface area contributed by atoms with Crippen LogP contribution in [-0.2, 0) is 13.2 Å². The van der Waals surface area contributed by atoms with E-state index in [9.17, 15) is 0 Å². The molecule has 88 valence electrons. The van der Waals surface area contributed by atoms with E-state index in [0.717, 1.165) is 16.9 Å². The van der Waals surface area contributed by atoms with Crippen molar-refractivity contribution in [2.24, 2.45) is 4.99 Å². The molecule has 0 heterocycles. The first-order valence-corrected chi connectivity index (χ1v) is 5.10. The summed E-state index contributed by atoms with van der Waals surface area (Å²) in [7, 11) is 5.47. The Labute approximate surface area is 96.2 Å². The molecule has 4 heteroatoms. The topological polar surface area (TPSA) is 45.1 Å². The molecule has 1 aromatic rings. The van der Waals surface area contributed by atoms with Crippen molar-refractivity contribution in [1.29, 1.82) is 0 Å². The number of aliphatic hydroxyl groups excluding tert-OH is 1. The molecule has 1 rings (SSSR count). The predicted molar refractivity (Wildman–Crippen MR) is 64.8 cm³/mol. The van der Waals surface area contributed by atoms with Gasteiger partial charge in [-0.3, -0.25) is 4.99 Å². The van der Waals surface area contributed by atoms with Crippen molar-refractivity contribution in [2.75, 3.05) is 21.2 Å². The molecule has 0 fully saturated rings. The Bertz CT molecular complexity index is 362. The van der Waals surface area contributed by atoms with Gasteiger partial charge >= 0.3 is 0 Å². The van der Waals surface area contributed by atoms with Crippen molar-refractivity contribution in [3.63, 3.8) is 0 Å². The summed E-state index contributed by atoms with van der Waals surface area (Å²) in [5.74, 6) is 0.766. The van der Waals surface area contributed by atoms with E-state index in [0.29, 0.717) is 6.54 Å². The SMILES string of the molecule is COc1cc(CO)ccc1CN=CN(C)C. The van der Waals surface area contributed by atoms with Gasteiger partial charge in [0.25, 0.3) is 0 Å². The van der Waals surface area contributed by atoms with Crippen molar-refractivity contribution in [3.8, 4) is 5.75 Å². The molecule has 0 aliphatic heterocycles. The largest absolute Gasteiger partial charge is 0.496 e. The van der Waals surface area contributed by atoms with E-state index in [1.54, 1.807) is 13.4 Å². The van der Waals surface area contributed by atoms with E-state index in [1.165, 1.54) is 0 Å². The van der Waals surface area contributed by atoms with Crippen LogP contribution in [-0.4, -0.2) is 37.6 Å². The Kier molecular flexibility index (Phi) is 4.79. The number of benzene rings is 1. The Hall–Kier alpha value is -1.55. The maximum Gasteiger partial charge on any atom is 0.124 e. The molecule has 0 aliphatic carbocycles. The maximum absolute atomic E-state index is 9.01. The zero-order valence-corrected chi connectivity index (χ0v) is 9.97. The summed E-state index contributed by atoms with van der Waals surface area (Å²) in [6.07, 6.45) is 1.76. The quantitative estimate of drug-likeness (QED) is 0.603. The van der Waals surface area contributed by atoms with Crippen LogP contribution in [0.1, 0.15) is 11.1 Å². The predicted octanol–water partition coefficient (Wildman–Crippen LogP) is 1.28. The molecule has 0 aromatic heterocycles. The van der Waals surface area contributed by atoms with Crippen LogP contribution in [0.25, 0.3) is 0 Å². The zero-order valence-electron chi connectivity index (χ0n) is 9.97. The lowest BCUT2D eigenvalue weighted by molar-refractivity contribution is 0.281. The fourth-order valence-corrected chi connectivity index (χ4v) is 1.32. The molecule has 16 heavy (non-hydrogen) atoms. The summed E-state index contributed by atoms with van der Waals surface area (Å²) in [6, 6.07) is 5.64. The molecule has 0 saturated heterocycles. The van der Waals surface area contributed by atoms with Crippen molar-refractivity contribution in [1.82, 2.24) is 4.90 Å². The molecule has 1 aromatic carbocycles. The second-order valence-electron chi connectivity index (χ2n) is 3.72. The standard InChI is InChI=1S/C12H18N2O2/c1-14(2)9-13-7-11-5-4-10(8-15)6-12(11)16-3/h4-6,9,15H,7-8H2,1-3H3. The van der Waals surface area contributed by atoms with Gasteiger partial charge in [-0.05, 0) is 11.6 Å². The molecule has 0 aliphatic rings. The second-order valence-corrected chi connectivity index (χ2v) is 3.72. The number of methoxy groups -OCH3 is 1. The first-order chi connectivity index (χ1) is 7.67. The minimum Gasteiger partial charge on any atom is -0.496 e. The first-order valence-electron chi connectivity index (χ1n) is 5.10. The van der Waals surface area contributed by atoms with Gasteiger partial charge in [0.05, 0.1) is 26.6 Å². The van der Waals surface area contributed by atoms with E-state index in [2.05, 4.69) is 4.99 Å². The van der Waals surface area contributed by atoms with Gasteiger partial charge in [-0.1, -0.05) is 12.1 Å². The Morgan fingerprint density at radius 1 is 1.44 bits per heavy atom.